The first-order valence-electron chi connectivity index (χ1n) is 7.39. The Morgan fingerprint density at radius 2 is 1.85 bits per heavy atom. The molecular formula is C17H14F2N2O5. The van der Waals surface area contributed by atoms with E-state index < -0.39 is 40.0 Å². The van der Waals surface area contributed by atoms with Crippen molar-refractivity contribution in [1.29, 1.82) is 0 Å². The number of nitro benzene ring substituents is 1. The Hall–Kier alpha value is -3.36. The summed E-state index contributed by atoms with van der Waals surface area (Å²) in [6.45, 7) is 0. The summed E-state index contributed by atoms with van der Waals surface area (Å²) in [6, 6.07) is 7.25. The Morgan fingerprint density at radius 1 is 1.19 bits per heavy atom. The number of carbonyl (C=O) groups excluding carboxylic acids is 2. The molecule has 1 amide bonds. The topological polar surface area (TPSA) is 98.5 Å². The van der Waals surface area contributed by atoms with Gasteiger partial charge in [0.2, 0.25) is 0 Å². The van der Waals surface area contributed by atoms with Gasteiger partial charge in [0.25, 0.3) is 11.6 Å². The van der Waals surface area contributed by atoms with Gasteiger partial charge in [-0.1, -0.05) is 18.2 Å². The highest BCUT2D eigenvalue weighted by atomic mass is 19.2. The second-order valence-electron chi connectivity index (χ2n) is 5.28. The van der Waals surface area contributed by atoms with Crippen molar-refractivity contribution in [3.8, 4) is 0 Å². The molecule has 0 saturated heterocycles. The number of nitrogens with zero attached hydrogens (tertiary/aromatic N) is 1. The summed E-state index contributed by atoms with van der Waals surface area (Å²) < 4.78 is 31.6. The first-order valence-corrected chi connectivity index (χ1v) is 7.39. The molecule has 0 aliphatic carbocycles. The van der Waals surface area contributed by atoms with E-state index in [4.69, 9.17) is 0 Å². The molecule has 1 N–H and O–H groups in total. The van der Waals surface area contributed by atoms with Gasteiger partial charge in [0, 0.05) is 18.6 Å². The van der Waals surface area contributed by atoms with Gasteiger partial charge in [-0.05, 0) is 17.7 Å². The minimum atomic E-state index is -1.33. The van der Waals surface area contributed by atoms with Crippen LogP contribution in [0, 0.1) is 21.7 Å². The van der Waals surface area contributed by atoms with Crippen LogP contribution in [-0.2, 0) is 16.0 Å². The van der Waals surface area contributed by atoms with Crippen LogP contribution in [-0.4, -0.2) is 30.0 Å². The molecule has 0 unspecified atom stereocenters. The molecule has 26 heavy (non-hydrogen) atoms. The van der Waals surface area contributed by atoms with Crippen LogP contribution in [0.2, 0.25) is 0 Å². The molecule has 0 saturated carbocycles. The molecule has 136 valence electrons. The lowest BCUT2D eigenvalue weighted by atomic mass is 10.0. The second-order valence-corrected chi connectivity index (χ2v) is 5.28. The Morgan fingerprint density at radius 3 is 2.42 bits per heavy atom. The van der Waals surface area contributed by atoms with Gasteiger partial charge in [-0.2, -0.15) is 0 Å². The molecule has 2 aromatic carbocycles. The smallest absolute Gasteiger partial charge is 0.328 e. The molecule has 0 aromatic heterocycles. The molecule has 9 heteroatoms. The fourth-order valence-electron chi connectivity index (χ4n) is 2.24. The Labute approximate surface area is 146 Å². The highest BCUT2D eigenvalue weighted by molar-refractivity contribution is 5.97. The van der Waals surface area contributed by atoms with E-state index in [2.05, 4.69) is 10.1 Å². The molecular weight excluding hydrogens is 350 g/mol. The standard InChI is InChI=1S/C17H14F2N2O5/c1-26-17(23)14(9-10-5-7-11(8-6-10)21(24)25)20-16(22)12-3-2-4-13(18)15(12)19/h2-8,14H,9H2,1H3,(H,20,22)/t14-/m1/s1. The average molecular weight is 364 g/mol. The maximum atomic E-state index is 13.7. The number of nitro groups is 1. The third kappa shape index (κ3) is 4.38. The van der Waals surface area contributed by atoms with Gasteiger partial charge in [-0.3, -0.25) is 14.9 Å². The Bertz CT molecular complexity index is 840. The van der Waals surface area contributed by atoms with Crippen molar-refractivity contribution in [2.75, 3.05) is 7.11 Å². The van der Waals surface area contributed by atoms with Crippen molar-refractivity contribution in [3.05, 3.63) is 75.3 Å². The van der Waals surface area contributed by atoms with Crippen molar-refractivity contribution in [2.24, 2.45) is 0 Å². The lowest BCUT2D eigenvalue weighted by Crippen LogP contribution is -2.43. The monoisotopic (exact) mass is 364 g/mol. The summed E-state index contributed by atoms with van der Waals surface area (Å²) >= 11 is 0. The van der Waals surface area contributed by atoms with Crippen LogP contribution in [0.3, 0.4) is 0 Å². The van der Waals surface area contributed by atoms with Crippen LogP contribution in [0.5, 0.6) is 0 Å². The van der Waals surface area contributed by atoms with Gasteiger partial charge in [-0.15, -0.1) is 0 Å². The molecule has 2 aromatic rings. The normalized spacial score (nSPS) is 11.5. The van der Waals surface area contributed by atoms with Crippen LogP contribution >= 0.6 is 0 Å². The highest BCUT2D eigenvalue weighted by Crippen LogP contribution is 2.15. The molecule has 2 rings (SSSR count). The number of hydrogen-bond acceptors (Lipinski definition) is 5. The number of methoxy groups -OCH3 is 1. The minimum absolute atomic E-state index is 0.0483. The molecule has 0 radical (unpaired) electrons. The summed E-state index contributed by atoms with van der Waals surface area (Å²) in [7, 11) is 1.11. The minimum Gasteiger partial charge on any atom is -0.467 e. The van der Waals surface area contributed by atoms with Crippen molar-refractivity contribution < 1.29 is 28.0 Å². The number of ether oxygens (including phenoxy) is 1. The van der Waals surface area contributed by atoms with Crippen LogP contribution in [0.1, 0.15) is 15.9 Å². The number of halogens is 2. The van der Waals surface area contributed by atoms with Crippen LogP contribution in [0.4, 0.5) is 14.5 Å². The molecule has 7 nitrogen and oxygen atoms in total. The zero-order valence-corrected chi connectivity index (χ0v) is 13.6. The number of non-ortho nitro benzene ring substituents is 1. The van der Waals surface area contributed by atoms with Gasteiger partial charge in [0.1, 0.15) is 6.04 Å². The third-order valence-corrected chi connectivity index (χ3v) is 3.57. The van der Waals surface area contributed by atoms with Gasteiger partial charge >= 0.3 is 5.97 Å². The predicted molar refractivity (Wildman–Crippen MR) is 86.4 cm³/mol. The number of benzene rings is 2. The average Bonchev–Trinajstić information content (AvgIpc) is 2.63. The lowest BCUT2D eigenvalue weighted by molar-refractivity contribution is -0.384. The summed E-state index contributed by atoms with van der Waals surface area (Å²) in [5, 5.41) is 12.9. The molecule has 0 heterocycles. The van der Waals surface area contributed by atoms with Crippen molar-refractivity contribution in [2.45, 2.75) is 12.5 Å². The zero-order valence-electron chi connectivity index (χ0n) is 13.6. The van der Waals surface area contributed by atoms with Crippen molar-refractivity contribution in [1.82, 2.24) is 5.32 Å². The third-order valence-electron chi connectivity index (χ3n) is 3.57. The van der Waals surface area contributed by atoms with Crippen LogP contribution in [0.25, 0.3) is 0 Å². The number of nitrogens with one attached hydrogen (secondary N) is 1. The van der Waals surface area contributed by atoms with E-state index >= 15 is 0 Å². The van der Waals surface area contributed by atoms with Crippen molar-refractivity contribution >= 4 is 17.6 Å². The lowest BCUT2D eigenvalue weighted by Gasteiger charge is -2.17. The maximum Gasteiger partial charge on any atom is 0.328 e. The maximum absolute atomic E-state index is 13.7. The Kier molecular flexibility index (Phi) is 5.94. The van der Waals surface area contributed by atoms with E-state index in [-0.39, 0.29) is 12.1 Å². The van der Waals surface area contributed by atoms with E-state index in [0.29, 0.717) is 5.56 Å². The summed E-state index contributed by atoms with van der Waals surface area (Å²) in [4.78, 5) is 34.2. The summed E-state index contributed by atoms with van der Waals surface area (Å²) in [6.07, 6.45) is -0.0483. The molecule has 1 atom stereocenters. The highest BCUT2D eigenvalue weighted by Gasteiger charge is 2.25. The number of amides is 1. The van der Waals surface area contributed by atoms with Gasteiger partial charge in [-0.25, -0.2) is 13.6 Å². The largest absolute Gasteiger partial charge is 0.467 e. The molecule has 0 bridgehead atoms. The van der Waals surface area contributed by atoms with E-state index in [0.717, 1.165) is 25.3 Å². The predicted octanol–water partition coefficient (Wildman–Crippen LogP) is 2.39. The summed E-state index contributed by atoms with van der Waals surface area (Å²) in [5.74, 6) is -4.31. The van der Waals surface area contributed by atoms with Gasteiger partial charge in [0.05, 0.1) is 17.6 Å². The number of carbonyl (C=O) groups is 2. The molecule has 0 aliphatic heterocycles. The number of hydrogen-bond donors (Lipinski definition) is 1. The van der Waals surface area contributed by atoms with Gasteiger partial charge in [0.15, 0.2) is 11.6 Å². The number of esters is 1. The van der Waals surface area contributed by atoms with Crippen LogP contribution < -0.4 is 5.32 Å². The van der Waals surface area contributed by atoms with Crippen molar-refractivity contribution in [3.63, 3.8) is 0 Å². The first kappa shape index (κ1) is 19.0. The molecule has 0 spiro atoms. The van der Waals surface area contributed by atoms with Crippen LogP contribution in [0.15, 0.2) is 42.5 Å². The molecule has 0 fully saturated rings. The Balaban J connectivity index is 2.19. The fraction of sp³-hybridized carbons (Fsp3) is 0.176. The van der Waals surface area contributed by atoms with Gasteiger partial charge < -0.3 is 10.1 Å². The zero-order chi connectivity index (χ0) is 19.3. The first-order chi connectivity index (χ1) is 12.3. The summed E-state index contributed by atoms with van der Waals surface area (Å²) in [5.41, 5.74) is -0.178. The molecule has 0 aliphatic rings. The van der Waals surface area contributed by atoms with E-state index in [9.17, 15) is 28.5 Å². The number of rotatable bonds is 6. The quantitative estimate of drug-likeness (QED) is 0.482. The van der Waals surface area contributed by atoms with E-state index in [1.807, 2.05) is 0 Å². The second kappa shape index (κ2) is 8.15. The fourth-order valence-corrected chi connectivity index (χ4v) is 2.24. The van der Waals surface area contributed by atoms with E-state index in [1.165, 1.54) is 24.3 Å². The van der Waals surface area contributed by atoms with E-state index in [1.54, 1.807) is 0 Å². The SMILES string of the molecule is COC(=O)[C@@H](Cc1ccc([N+](=O)[O-])cc1)NC(=O)c1cccc(F)c1F.